The van der Waals surface area contributed by atoms with Crippen LogP contribution < -0.4 is 10.0 Å². The number of hydrogen-bond donors (Lipinski definition) is 2. The minimum absolute atomic E-state index is 0.338. The van der Waals surface area contributed by atoms with Crippen LogP contribution in [0.25, 0.3) is 0 Å². The largest absolute Gasteiger partial charge is 0.313 e. The van der Waals surface area contributed by atoms with E-state index in [1.54, 1.807) is 6.92 Å². The van der Waals surface area contributed by atoms with E-state index in [1.807, 2.05) is 6.92 Å². The van der Waals surface area contributed by atoms with Crippen LogP contribution in [0.4, 0.5) is 0 Å². The van der Waals surface area contributed by atoms with Crippen molar-refractivity contribution in [3.8, 4) is 0 Å². The van der Waals surface area contributed by atoms with Crippen molar-refractivity contribution in [2.75, 3.05) is 13.1 Å². The molecule has 84 valence electrons. The Bertz CT molecular complexity index is 260. The van der Waals surface area contributed by atoms with Crippen LogP contribution >= 0.6 is 0 Å². The molecule has 14 heavy (non-hydrogen) atoms. The molecule has 1 aliphatic rings. The first kappa shape index (κ1) is 11.9. The van der Waals surface area contributed by atoms with Gasteiger partial charge < -0.3 is 5.32 Å². The fourth-order valence-corrected chi connectivity index (χ4v) is 2.21. The van der Waals surface area contributed by atoms with Crippen LogP contribution in [0, 0.1) is 0 Å². The van der Waals surface area contributed by atoms with Crippen molar-refractivity contribution in [3.05, 3.63) is 0 Å². The van der Waals surface area contributed by atoms with Crippen LogP contribution in [-0.4, -0.2) is 32.8 Å². The Morgan fingerprint density at radius 1 is 1.43 bits per heavy atom. The van der Waals surface area contributed by atoms with Crippen molar-refractivity contribution < 1.29 is 8.42 Å². The first-order valence-electron chi connectivity index (χ1n) is 5.28. The lowest BCUT2D eigenvalue weighted by molar-refractivity contribution is 0.556. The van der Waals surface area contributed by atoms with Crippen molar-refractivity contribution >= 4 is 10.0 Å². The lowest BCUT2D eigenvalue weighted by atomic mass is 10.4. The second kappa shape index (κ2) is 5.09. The second-order valence-electron chi connectivity index (χ2n) is 3.93. The Kier molecular flexibility index (Phi) is 4.34. The van der Waals surface area contributed by atoms with Gasteiger partial charge in [0.1, 0.15) is 0 Å². The van der Waals surface area contributed by atoms with Gasteiger partial charge in [0.25, 0.3) is 0 Å². The number of nitrogens with one attached hydrogen (secondary N) is 2. The maximum absolute atomic E-state index is 11.6. The molecule has 1 unspecified atom stereocenters. The van der Waals surface area contributed by atoms with E-state index in [9.17, 15) is 8.42 Å². The molecule has 1 aliphatic carbocycles. The zero-order valence-electron chi connectivity index (χ0n) is 8.91. The Morgan fingerprint density at radius 2 is 2.07 bits per heavy atom. The molecule has 2 N–H and O–H groups in total. The monoisotopic (exact) mass is 220 g/mol. The molecule has 0 aromatic rings. The van der Waals surface area contributed by atoms with Gasteiger partial charge in [0.15, 0.2) is 0 Å². The zero-order chi connectivity index (χ0) is 10.6. The minimum atomic E-state index is -3.10. The molecule has 1 saturated carbocycles. The van der Waals surface area contributed by atoms with E-state index in [0.717, 1.165) is 6.42 Å². The van der Waals surface area contributed by atoms with Crippen LogP contribution in [0.15, 0.2) is 0 Å². The van der Waals surface area contributed by atoms with Gasteiger partial charge in [-0.3, -0.25) is 0 Å². The maximum atomic E-state index is 11.6. The summed E-state index contributed by atoms with van der Waals surface area (Å²) in [5, 5.41) is 2.88. The summed E-state index contributed by atoms with van der Waals surface area (Å²) in [6, 6.07) is 0.568. The molecule has 0 bridgehead atoms. The standard InChI is InChI=1S/C9H20N2O2S/c1-3-6-11-14(12,13)8(2)7-10-9-4-5-9/h8-11H,3-7H2,1-2H3. The van der Waals surface area contributed by atoms with Gasteiger partial charge in [-0.05, 0) is 26.2 Å². The summed E-state index contributed by atoms with van der Waals surface area (Å²) in [7, 11) is -3.10. The highest BCUT2D eigenvalue weighted by molar-refractivity contribution is 7.90. The van der Waals surface area contributed by atoms with Crippen molar-refractivity contribution in [2.24, 2.45) is 0 Å². The van der Waals surface area contributed by atoms with Gasteiger partial charge in [-0.25, -0.2) is 13.1 Å². The van der Waals surface area contributed by atoms with Gasteiger partial charge in [0, 0.05) is 19.1 Å². The molecule has 1 fully saturated rings. The summed E-state index contributed by atoms with van der Waals surface area (Å²) in [5.41, 5.74) is 0. The van der Waals surface area contributed by atoms with Crippen LogP contribution in [-0.2, 0) is 10.0 Å². The third-order valence-corrected chi connectivity index (χ3v) is 4.19. The van der Waals surface area contributed by atoms with E-state index in [0.29, 0.717) is 19.1 Å². The SMILES string of the molecule is CCCNS(=O)(=O)C(C)CNC1CC1. The first-order chi connectivity index (χ1) is 6.56. The average molecular weight is 220 g/mol. The Labute approximate surface area is 86.5 Å². The van der Waals surface area contributed by atoms with Crippen molar-refractivity contribution in [1.82, 2.24) is 10.0 Å². The van der Waals surface area contributed by atoms with E-state index >= 15 is 0 Å². The first-order valence-corrected chi connectivity index (χ1v) is 6.82. The predicted octanol–water partition coefficient (Wildman–Crippen LogP) is 0.456. The third-order valence-electron chi connectivity index (χ3n) is 2.35. The Balaban J connectivity index is 2.28. The molecule has 1 atom stereocenters. The highest BCUT2D eigenvalue weighted by Crippen LogP contribution is 2.18. The molecular weight excluding hydrogens is 200 g/mol. The van der Waals surface area contributed by atoms with Gasteiger partial charge in [-0.1, -0.05) is 6.92 Å². The minimum Gasteiger partial charge on any atom is -0.313 e. The maximum Gasteiger partial charge on any atom is 0.215 e. The van der Waals surface area contributed by atoms with Crippen LogP contribution in [0.2, 0.25) is 0 Å². The highest BCUT2D eigenvalue weighted by atomic mass is 32.2. The summed E-state index contributed by atoms with van der Waals surface area (Å²) >= 11 is 0. The molecule has 0 spiro atoms. The molecule has 0 aliphatic heterocycles. The quantitative estimate of drug-likeness (QED) is 0.655. The van der Waals surface area contributed by atoms with Crippen molar-refractivity contribution in [3.63, 3.8) is 0 Å². The van der Waals surface area contributed by atoms with Crippen LogP contribution in [0.5, 0.6) is 0 Å². The second-order valence-corrected chi connectivity index (χ2v) is 6.12. The number of hydrogen-bond acceptors (Lipinski definition) is 3. The van der Waals surface area contributed by atoms with Gasteiger partial charge in [0.2, 0.25) is 10.0 Å². The summed E-state index contributed by atoms with van der Waals surface area (Å²) < 4.78 is 25.7. The molecular formula is C9H20N2O2S. The summed E-state index contributed by atoms with van der Waals surface area (Å²) in [4.78, 5) is 0. The molecule has 0 aromatic heterocycles. The fraction of sp³-hybridized carbons (Fsp3) is 1.00. The normalized spacial score (nSPS) is 19.6. The van der Waals surface area contributed by atoms with Gasteiger partial charge in [-0.2, -0.15) is 0 Å². The molecule has 1 rings (SSSR count). The number of sulfonamides is 1. The van der Waals surface area contributed by atoms with Crippen molar-refractivity contribution in [2.45, 2.75) is 44.4 Å². The third kappa shape index (κ3) is 3.94. The van der Waals surface area contributed by atoms with E-state index < -0.39 is 10.0 Å². The molecule has 0 amide bonds. The van der Waals surface area contributed by atoms with E-state index in [1.165, 1.54) is 12.8 Å². The lowest BCUT2D eigenvalue weighted by Crippen LogP contribution is -2.39. The van der Waals surface area contributed by atoms with Gasteiger partial charge >= 0.3 is 0 Å². The molecule has 0 radical (unpaired) electrons. The van der Waals surface area contributed by atoms with E-state index in [4.69, 9.17) is 0 Å². The predicted molar refractivity (Wildman–Crippen MR) is 57.7 cm³/mol. The Hall–Kier alpha value is -0.130. The summed E-state index contributed by atoms with van der Waals surface area (Å²) in [6.07, 6.45) is 3.21. The average Bonchev–Trinajstić information content (AvgIpc) is 2.94. The molecule has 0 saturated heterocycles. The smallest absolute Gasteiger partial charge is 0.215 e. The fourth-order valence-electron chi connectivity index (χ4n) is 1.12. The number of rotatable bonds is 7. The summed E-state index contributed by atoms with van der Waals surface area (Å²) in [5.74, 6) is 0. The molecule has 0 heterocycles. The van der Waals surface area contributed by atoms with E-state index in [-0.39, 0.29) is 5.25 Å². The zero-order valence-corrected chi connectivity index (χ0v) is 9.73. The van der Waals surface area contributed by atoms with E-state index in [2.05, 4.69) is 10.0 Å². The van der Waals surface area contributed by atoms with Gasteiger partial charge in [-0.15, -0.1) is 0 Å². The molecule has 5 heteroatoms. The van der Waals surface area contributed by atoms with Gasteiger partial charge in [0.05, 0.1) is 5.25 Å². The highest BCUT2D eigenvalue weighted by Gasteiger charge is 2.25. The topological polar surface area (TPSA) is 58.2 Å². The van der Waals surface area contributed by atoms with Crippen LogP contribution in [0.1, 0.15) is 33.1 Å². The van der Waals surface area contributed by atoms with Crippen LogP contribution in [0.3, 0.4) is 0 Å². The summed E-state index contributed by atoms with van der Waals surface area (Å²) in [6.45, 7) is 4.79. The van der Waals surface area contributed by atoms with Crippen molar-refractivity contribution in [1.29, 1.82) is 0 Å². The lowest BCUT2D eigenvalue weighted by Gasteiger charge is -2.13. The molecule has 4 nitrogen and oxygen atoms in total. The molecule has 0 aromatic carbocycles. The Morgan fingerprint density at radius 3 is 2.57 bits per heavy atom.